The number of rotatable bonds is 8. The minimum absolute atomic E-state index is 0.322. The van der Waals surface area contributed by atoms with Crippen molar-refractivity contribution in [3.8, 4) is 24.7 Å². The molecular weight excluding hydrogens is 272 g/mol. The smallest absolute Gasteiger partial charge is 0.249 e. The lowest BCUT2D eigenvalue weighted by Gasteiger charge is -2.28. The van der Waals surface area contributed by atoms with Crippen LogP contribution in [0.1, 0.15) is 54.4 Å². The third-order valence-corrected chi connectivity index (χ3v) is 3.72. The first kappa shape index (κ1) is 19.2. The Labute approximate surface area is 126 Å². The normalized spacial score (nSPS) is 18.9. The minimum atomic E-state index is -1.98. The Morgan fingerprint density at radius 2 is 1.25 bits per heavy atom. The number of hydrogen-bond acceptors (Lipinski definition) is 3. The Hall–Kier alpha value is -0.810. The van der Waals surface area contributed by atoms with Gasteiger partial charge in [-0.25, -0.2) is 8.37 Å². The summed E-state index contributed by atoms with van der Waals surface area (Å²) >= 11 is -1.98. The maximum absolute atomic E-state index is 12.0. The Kier molecular flexibility index (Phi) is 7.52. The summed E-state index contributed by atoms with van der Waals surface area (Å²) in [6, 6.07) is 0. The van der Waals surface area contributed by atoms with Gasteiger partial charge in [-0.2, -0.15) is 4.21 Å². The maximum Gasteiger partial charge on any atom is 0.307 e. The third-order valence-electron chi connectivity index (χ3n) is 2.71. The van der Waals surface area contributed by atoms with Gasteiger partial charge in [0.2, 0.25) is 0 Å². The van der Waals surface area contributed by atoms with Crippen LogP contribution in [0.15, 0.2) is 0 Å². The molecule has 0 aromatic carbocycles. The van der Waals surface area contributed by atoms with Crippen LogP contribution in [-0.2, 0) is 19.7 Å². The van der Waals surface area contributed by atoms with Gasteiger partial charge in [-0.1, -0.05) is 39.5 Å². The van der Waals surface area contributed by atoms with Gasteiger partial charge in [-0.05, 0) is 38.5 Å². The molecule has 4 heteroatoms. The van der Waals surface area contributed by atoms with Crippen LogP contribution in [0.4, 0.5) is 0 Å². The Bertz CT molecular complexity index is 378. The van der Waals surface area contributed by atoms with Gasteiger partial charge >= 0.3 is 11.4 Å². The molecule has 0 saturated carbocycles. The molecule has 2 unspecified atom stereocenters. The molecule has 114 valence electrons. The summed E-state index contributed by atoms with van der Waals surface area (Å²) in [6.45, 7) is 11.5. The van der Waals surface area contributed by atoms with E-state index in [0.717, 1.165) is 0 Å². The largest absolute Gasteiger partial charge is 0.307 e. The Morgan fingerprint density at radius 3 is 1.45 bits per heavy atom. The van der Waals surface area contributed by atoms with Gasteiger partial charge in [0.15, 0.2) is 0 Å². The van der Waals surface area contributed by atoms with Crippen LogP contribution in [0.2, 0.25) is 0 Å². The summed E-state index contributed by atoms with van der Waals surface area (Å²) < 4.78 is 22.8. The molecule has 0 fully saturated rings. The van der Waals surface area contributed by atoms with E-state index in [1.807, 2.05) is 27.7 Å². The molecule has 3 nitrogen and oxygen atoms in total. The van der Waals surface area contributed by atoms with Crippen LogP contribution in [0.5, 0.6) is 0 Å². The second-order valence-electron chi connectivity index (χ2n) is 6.32. The van der Waals surface area contributed by atoms with Crippen LogP contribution in [0.25, 0.3) is 0 Å². The first-order valence-electron chi connectivity index (χ1n) is 6.82. The van der Waals surface area contributed by atoms with E-state index < -0.39 is 22.6 Å². The van der Waals surface area contributed by atoms with Gasteiger partial charge in [0.05, 0.1) is 0 Å². The van der Waals surface area contributed by atoms with Gasteiger partial charge in [0, 0.05) is 0 Å². The molecule has 0 N–H and O–H groups in total. The van der Waals surface area contributed by atoms with E-state index in [2.05, 4.69) is 11.8 Å². The van der Waals surface area contributed by atoms with Crippen LogP contribution < -0.4 is 0 Å². The van der Waals surface area contributed by atoms with E-state index in [1.165, 1.54) is 0 Å². The Balaban J connectivity index is 4.77. The van der Waals surface area contributed by atoms with E-state index in [9.17, 15) is 4.21 Å². The molecule has 2 atom stereocenters. The summed E-state index contributed by atoms with van der Waals surface area (Å²) in [6.07, 6.45) is 12.1. The van der Waals surface area contributed by atoms with Crippen LogP contribution in [-0.4, -0.2) is 15.4 Å². The summed E-state index contributed by atoms with van der Waals surface area (Å²) in [4.78, 5) is 0. The minimum Gasteiger partial charge on any atom is -0.249 e. The lowest BCUT2D eigenvalue weighted by Crippen LogP contribution is -2.35. The van der Waals surface area contributed by atoms with Crippen LogP contribution >= 0.6 is 0 Å². The van der Waals surface area contributed by atoms with Crippen molar-refractivity contribution in [2.45, 2.75) is 65.6 Å². The van der Waals surface area contributed by atoms with Crippen molar-refractivity contribution in [2.24, 2.45) is 11.8 Å². The molecule has 0 spiro atoms. The van der Waals surface area contributed by atoms with E-state index in [0.29, 0.717) is 24.7 Å². The second-order valence-corrected chi connectivity index (χ2v) is 7.06. The van der Waals surface area contributed by atoms with Gasteiger partial charge in [0.25, 0.3) is 0 Å². The standard InChI is InChI=1S/C16H26O3S/c1-9-15(7,11-13(3)4)18-20(17)19-16(8,10-2)12-14(5)6/h1-2,13-14H,11-12H2,3-8H3. The van der Waals surface area contributed by atoms with Gasteiger partial charge < -0.3 is 0 Å². The average Bonchev–Trinajstić information content (AvgIpc) is 2.26. The fraction of sp³-hybridized carbons (Fsp3) is 0.750. The maximum atomic E-state index is 12.0. The average molecular weight is 298 g/mol. The van der Waals surface area contributed by atoms with Crippen molar-refractivity contribution < 1.29 is 12.6 Å². The fourth-order valence-corrected chi connectivity index (χ4v) is 2.98. The van der Waals surface area contributed by atoms with Crippen molar-refractivity contribution >= 4 is 11.4 Å². The van der Waals surface area contributed by atoms with Crippen molar-refractivity contribution in [1.29, 1.82) is 0 Å². The highest BCUT2D eigenvalue weighted by Gasteiger charge is 2.32. The molecule has 0 heterocycles. The molecule has 0 rings (SSSR count). The Morgan fingerprint density at radius 1 is 0.950 bits per heavy atom. The second kappa shape index (κ2) is 7.84. The predicted molar refractivity (Wildman–Crippen MR) is 83.7 cm³/mol. The lowest BCUT2D eigenvalue weighted by atomic mass is 9.95. The van der Waals surface area contributed by atoms with Crippen molar-refractivity contribution in [2.75, 3.05) is 0 Å². The zero-order valence-corrected chi connectivity index (χ0v) is 14.2. The molecular formula is C16H26O3S. The highest BCUT2D eigenvalue weighted by Crippen LogP contribution is 2.26. The fourth-order valence-electron chi connectivity index (χ4n) is 2.11. The highest BCUT2D eigenvalue weighted by atomic mass is 32.2. The molecule has 0 amide bonds. The monoisotopic (exact) mass is 298 g/mol. The van der Waals surface area contributed by atoms with E-state index in [1.54, 1.807) is 13.8 Å². The summed E-state index contributed by atoms with van der Waals surface area (Å²) in [5.41, 5.74) is -1.85. The molecule has 0 bridgehead atoms. The van der Waals surface area contributed by atoms with Crippen molar-refractivity contribution in [1.82, 2.24) is 0 Å². The lowest BCUT2D eigenvalue weighted by molar-refractivity contribution is 0.0761. The quantitative estimate of drug-likeness (QED) is 0.644. The van der Waals surface area contributed by atoms with Gasteiger partial charge in [0.1, 0.15) is 11.2 Å². The molecule has 0 aliphatic rings. The van der Waals surface area contributed by atoms with Crippen LogP contribution in [0, 0.1) is 36.5 Å². The highest BCUT2D eigenvalue weighted by molar-refractivity contribution is 7.75. The SMILES string of the molecule is C#CC(C)(CC(C)C)OS(=O)OC(C)(C#C)CC(C)C. The van der Waals surface area contributed by atoms with Gasteiger partial charge in [-0.3, -0.25) is 0 Å². The zero-order chi connectivity index (χ0) is 16.0. The van der Waals surface area contributed by atoms with Crippen molar-refractivity contribution in [3.05, 3.63) is 0 Å². The first-order chi connectivity index (χ1) is 9.06. The number of terminal acetylenes is 2. The van der Waals surface area contributed by atoms with E-state index in [4.69, 9.17) is 21.2 Å². The molecule has 0 aromatic rings. The topological polar surface area (TPSA) is 35.5 Å². The van der Waals surface area contributed by atoms with Gasteiger partial charge in [-0.15, -0.1) is 12.8 Å². The number of hydrogen-bond donors (Lipinski definition) is 0. The summed E-state index contributed by atoms with van der Waals surface area (Å²) in [5.74, 6) is 5.72. The molecule has 0 aliphatic carbocycles. The zero-order valence-electron chi connectivity index (χ0n) is 13.4. The van der Waals surface area contributed by atoms with Crippen LogP contribution in [0.3, 0.4) is 0 Å². The molecule has 0 radical (unpaired) electrons. The van der Waals surface area contributed by atoms with E-state index in [-0.39, 0.29) is 0 Å². The summed E-state index contributed by atoms with van der Waals surface area (Å²) in [7, 11) is 0. The molecule has 0 aromatic heterocycles. The molecule has 20 heavy (non-hydrogen) atoms. The molecule has 0 saturated heterocycles. The third kappa shape index (κ3) is 7.10. The predicted octanol–water partition coefficient (Wildman–Crippen LogP) is 3.47. The first-order valence-corrected chi connectivity index (χ1v) is 7.82. The van der Waals surface area contributed by atoms with Crippen molar-refractivity contribution in [3.63, 3.8) is 0 Å². The summed E-state index contributed by atoms with van der Waals surface area (Å²) in [5, 5.41) is 0. The van der Waals surface area contributed by atoms with E-state index >= 15 is 0 Å². The molecule has 0 aliphatic heterocycles.